The van der Waals surface area contributed by atoms with E-state index in [0.717, 1.165) is 26.2 Å². The van der Waals surface area contributed by atoms with Crippen LogP contribution in [0.4, 0.5) is 20.3 Å². The predicted octanol–water partition coefficient (Wildman–Crippen LogP) is 1.44. The SMILES string of the molecule is Cc1cc(NC(=O)c2ccc(N3CCNCC3)nn2)cnc1OC(F)F. The van der Waals surface area contributed by atoms with Gasteiger partial charge in [-0.05, 0) is 25.1 Å². The number of halogens is 2. The van der Waals surface area contributed by atoms with Crippen molar-refractivity contribution in [3.05, 3.63) is 35.7 Å². The zero-order valence-electron chi connectivity index (χ0n) is 14.1. The van der Waals surface area contributed by atoms with E-state index in [2.05, 4.69) is 35.5 Å². The van der Waals surface area contributed by atoms with E-state index in [4.69, 9.17) is 0 Å². The summed E-state index contributed by atoms with van der Waals surface area (Å²) in [5.74, 6) is 0.0697. The van der Waals surface area contributed by atoms with Crippen molar-refractivity contribution in [2.45, 2.75) is 13.5 Å². The van der Waals surface area contributed by atoms with Crippen LogP contribution in [0.5, 0.6) is 5.88 Å². The molecular weight excluding hydrogens is 346 g/mol. The fraction of sp³-hybridized carbons (Fsp3) is 0.375. The lowest BCUT2D eigenvalue weighted by Gasteiger charge is -2.27. The van der Waals surface area contributed by atoms with Gasteiger partial charge in [-0.25, -0.2) is 4.98 Å². The van der Waals surface area contributed by atoms with Crippen LogP contribution in [0.25, 0.3) is 0 Å². The van der Waals surface area contributed by atoms with Crippen molar-refractivity contribution in [1.82, 2.24) is 20.5 Å². The number of carbonyl (C=O) groups is 1. The number of alkyl halides is 2. The van der Waals surface area contributed by atoms with E-state index >= 15 is 0 Å². The number of nitrogens with zero attached hydrogens (tertiary/aromatic N) is 4. The Hall–Kier alpha value is -2.88. The fourth-order valence-corrected chi connectivity index (χ4v) is 2.54. The topological polar surface area (TPSA) is 92.3 Å². The van der Waals surface area contributed by atoms with E-state index in [9.17, 15) is 13.6 Å². The molecule has 0 spiro atoms. The zero-order chi connectivity index (χ0) is 18.5. The molecule has 8 nitrogen and oxygen atoms in total. The van der Waals surface area contributed by atoms with Crippen molar-refractivity contribution in [3.8, 4) is 5.88 Å². The fourth-order valence-electron chi connectivity index (χ4n) is 2.54. The van der Waals surface area contributed by atoms with Crippen LogP contribution in [0.3, 0.4) is 0 Å². The Morgan fingerprint density at radius 1 is 1.31 bits per heavy atom. The van der Waals surface area contributed by atoms with Crippen molar-refractivity contribution >= 4 is 17.4 Å². The normalized spacial score (nSPS) is 14.4. The summed E-state index contributed by atoms with van der Waals surface area (Å²) in [6.07, 6.45) is 1.24. The van der Waals surface area contributed by atoms with E-state index in [1.54, 1.807) is 19.1 Å². The number of nitrogens with one attached hydrogen (secondary N) is 2. The number of carbonyl (C=O) groups excluding carboxylic acids is 1. The van der Waals surface area contributed by atoms with Gasteiger partial charge in [-0.2, -0.15) is 8.78 Å². The summed E-state index contributed by atoms with van der Waals surface area (Å²) in [7, 11) is 0. The number of aromatic nitrogens is 3. The summed E-state index contributed by atoms with van der Waals surface area (Å²) in [4.78, 5) is 18.1. The highest BCUT2D eigenvalue weighted by atomic mass is 19.3. The third-order valence-corrected chi connectivity index (χ3v) is 3.81. The first-order valence-corrected chi connectivity index (χ1v) is 8.05. The second kappa shape index (κ2) is 8.00. The average molecular weight is 364 g/mol. The highest BCUT2D eigenvalue weighted by Gasteiger charge is 2.15. The Bertz CT molecular complexity index is 766. The highest BCUT2D eigenvalue weighted by molar-refractivity contribution is 6.02. The molecule has 1 fully saturated rings. The first-order valence-electron chi connectivity index (χ1n) is 8.05. The van der Waals surface area contributed by atoms with Crippen molar-refractivity contribution in [3.63, 3.8) is 0 Å². The second-order valence-electron chi connectivity index (χ2n) is 5.69. The van der Waals surface area contributed by atoms with Gasteiger partial charge in [0.05, 0.1) is 11.9 Å². The second-order valence-corrected chi connectivity index (χ2v) is 5.69. The summed E-state index contributed by atoms with van der Waals surface area (Å²) in [5.41, 5.74) is 0.875. The van der Waals surface area contributed by atoms with Gasteiger partial charge < -0.3 is 20.3 Å². The third-order valence-electron chi connectivity index (χ3n) is 3.81. The van der Waals surface area contributed by atoms with Gasteiger partial charge in [-0.3, -0.25) is 4.79 Å². The Morgan fingerprint density at radius 2 is 2.08 bits per heavy atom. The molecule has 3 rings (SSSR count). The van der Waals surface area contributed by atoms with Crippen molar-refractivity contribution < 1.29 is 18.3 Å². The molecule has 2 aromatic rings. The molecule has 1 aliphatic rings. The Labute approximate surface area is 148 Å². The van der Waals surface area contributed by atoms with Gasteiger partial charge in [0, 0.05) is 31.7 Å². The minimum absolute atomic E-state index is 0.148. The first-order chi connectivity index (χ1) is 12.5. The maximum absolute atomic E-state index is 12.3. The third kappa shape index (κ3) is 4.39. The standard InChI is InChI=1S/C16H18F2N6O2/c1-10-8-11(9-20-15(10)26-16(17)18)21-14(25)12-2-3-13(23-22-12)24-6-4-19-5-7-24/h2-3,8-9,16,19H,4-7H2,1H3,(H,21,25). The van der Waals surface area contributed by atoms with Gasteiger partial charge in [-0.1, -0.05) is 0 Å². The first kappa shape index (κ1) is 17.9. The van der Waals surface area contributed by atoms with E-state index < -0.39 is 12.5 Å². The van der Waals surface area contributed by atoms with Crippen LogP contribution in [0.15, 0.2) is 24.4 Å². The molecule has 0 radical (unpaired) electrons. The molecule has 138 valence electrons. The number of anilines is 2. The summed E-state index contributed by atoms with van der Waals surface area (Å²) >= 11 is 0. The van der Waals surface area contributed by atoms with E-state index in [1.165, 1.54) is 12.3 Å². The monoisotopic (exact) mass is 364 g/mol. The number of hydrogen-bond acceptors (Lipinski definition) is 7. The Morgan fingerprint density at radius 3 is 2.69 bits per heavy atom. The van der Waals surface area contributed by atoms with Crippen LogP contribution in [-0.4, -0.2) is 53.9 Å². The minimum atomic E-state index is -2.95. The van der Waals surface area contributed by atoms with Crippen molar-refractivity contribution in [2.75, 3.05) is 36.4 Å². The molecule has 2 N–H and O–H groups in total. The molecule has 1 saturated heterocycles. The number of pyridine rings is 1. The van der Waals surface area contributed by atoms with Crippen LogP contribution in [-0.2, 0) is 0 Å². The molecule has 2 aromatic heterocycles. The van der Waals surface area contributed by atoms with Gasteiger partial charge in [0.15, 0.2) is 11.5 Å². The lowest BCUT2D eigenvalue weighted by molar-refractivity contribution is -0.0533. The van der Waals surface area contributed by atoms with Gasteiger partial charge in [0.2, 0.25) is 5.88 Å². The van der Waals surface area contributed by atoms with Gasteiger partial charge in [-0.15, -0.1) is 10.2 Å². The number of ether oxygens (including phenoxy) is 1. The minimum Gasteiger partial charge on any atom is -0.417 e. The molecule has 0 atom stereocenters. The molecule has 1 amide bonds. The zero-order valence-corrected chi connectivity index (χ0v) is 14.1. The maximum atomic E-state index is 12.3. The number of rotatable bonds is 5. The van der Waals surface area contributed by atoms with Gasteiger partial charge >= 0.3 is 6.61 Å². The maximum Gasteiger partial charge on any atom is 0.388 e. The molecule has 0 aromatic carbocycles. The van der Waals surface area contributed by atoms with Gasteiger partial charge in [0.25, 0.3) is 5.91 Å². The molecule has 26 heavy (non-hydrogen) atoms. The van der Waals surface area contributed by atoms with Crippen LogP contribution < -0.4 is 20.3 Å². The van der Waals surface area contributed by atoms with E-state index in [0.29, 0.717) is 17.1 Å². The quantitative estimate of drug-likeness (QED) is 0.829. The van der Waals surface area contributed by atoms with Crippen LogP contribution >= 0.6 is 0 Å². The Balaban J connectivity index is 1.65. The summed E-state index contributed by atoms with van der Waals surface area (Å²) in [6, 6.07) is 4.83. The largest absolute Gasteiger partial charge is 0.417 e. The van der Waals surface area contributed by atoms with E-state index in [1.807, 2.05) is 0 Å². The molecule has 1 aliphatic heterocycles. The smallest absolute Gasteiger partial charge is 0.388 e. The molecule has 3 heterocycles. The number of aryl methyl sites for hydroxylation is 1. The number of amides is 1. The summed E-state index contributed by atoms with van der Waals surface area (Å²) in [6.45, 7) is 2.02. The predicted molar refractivity (Wildman–Crippen MR) is 90.7 cm³/mol. The lowest BCUT2D eigenvalue weighted by atomic mass is 10.2. The molecule has 0 unspecified atom stereocenters. The summed E-state index contributed by atoms with van der Waals surface area (Å²) in [5, 5.41) is 13.9. The van der Waals surface area contributed by atoms with Crippen molar-refractivity contribution in [1.29, 1.82) is 0 Å². The molecule has 0 aliphatic carbocycles. The summed E-state index contributed by atoms with van der Waals surface area (Å²) < 4.78 is 28.8. The number of hydrogen-bond donors (Lipinski definition) is 2. The van der Waals surface area contributed by atoms with E-state index in [-0.39, 0.29) is 11.6 Å². The van der Waals surface area contributed by atoms with Crippen LogP contribution in [0, 0.1) is 6.92 Å². The highest BCUT2D eigenvalue weighted by Crippen LogP contribution is 2.20. The molecule has 0 bridgehead atoms. The average Bonchev–Trinajstić information content (AvgIpc) is 2.64. The van der Waals surface area contributed by atoms with Gasteiger partial charge in [0.1, 0.15) is 0 Å². The molecule has 10 heteroatoms. The lowest BCUT2D eigenvalue weighted by Crippen LogP contribution is -2.44. The van der Waals surface area contributed by atoms with Crippen molar-refractivity contribution in [2.24, 2.45) is 0 Å². The van der Waals surface area contributed by atoms with Crippen LogP contribution in [0.1, 0.15) is 16.1 Å². The number of piperazine rings is 1. The van der Waals surface area contributed by atoms with Crippen LogP contribution in [0.2, 0.25) is 0 Å². The Kier molecular flexibility index (Phi) is 5.52. The molecule has 0 saturated carbocycles. The molecular formula is C16H18F2N6O2.